The highest BCUT2D eigenvalue weighted by Gasteiger charge is 2.25. The van der Waals surface area contributed by atoms with E-state index in [1.54, 1.807) is 13.8 Å². The van der Waals surface area contributed by atoms with Gasteiger partial charge < -0.3 is 10.1 Å². The molecule has 0 aromatic heterocycles. The fraction of sp³-hybridized carbons (Fsp3) is 0.263. The van der Waals surface area contributed by atoms with Crippen molar-refractivity contribution < 1.29 is 27.1 Å². The molecule has 2 rings (SSSR count). The number of ether oxygens (including phenoxy) is 1. The fourth-order valence-corrected chi connectivity index (χ4v) is 3.79. The molecule has 1 N–H and O–H groups in total. The van der Waals surface area contributed by atoms with Crippen LogP contribution in [0, 0.1) is 5.82 Å². The van der Waals surface area contributed by atoms with Crippen LogP contribution < -0.4 is 5.32 Å². The minimum atomic E-state index is -3.93. The van der Waals surface area contributed by atoms with Crippen molar-refractivity contribution in [1.82, 2.24) is 4.31 Å². The van der Waals surface area contributed by atoms with Crippen LogP contribution in [-0.4, -0.2) is 44.3 Å². The average Bonchev–Trinajstić information content (AvgIpc) is 2.67. The van der Waals surface area contributed by atoms with E-state index < -0.39 is 34.3 Å². The van der Waals surface area contributed by atoms with E-state index in [9.17, 15) is 22.4 Å². The third-order valence-corrected chi connectivity index (χ3v) is 5.74. The number of hydrogen-bond donors (Lipinski definition) is 1. The number of nitrogens with zero attached hydrogens (tertiary/aromatic N) is 1. The molecule has 0 aliphatic rings. The molecule has 0 saturated carbocycles. The van der Waals surface area contributed by atoms with Crippen LogP contribution >= 0.6 is 0 Å². The molecule has 0 fully saturated rings. The van der Waals surface area contributed by atoms with Crippen molar-refractivity contribution in [3.8, 4) is 0 Å². The molecule has 7 nitrogen and oxygen atoms in total. The summed E-state index contributed by atoms with van der Waals surface area (Å²) in [4.78, 5) is 23.8. The van der Waals surface area contributed by atoms with Gasteiger partial charge in [0.2, 0.25) is 15.9 Å². The zero-order chi connectivity index (χ0) is 20.7. The average molecular weight is 408 g/mol. The second-order valence-corrected chi connectivity index (χ2v) is 7.67. The minimum Gasteiger partial charge on any atom is -0.462 e. The van der Waals surface area contributed by atoms with E-state index in [0.29, 0.717) is 11.3 Å². The largest absolute Gasteiger partial charge is 0.462 e. The summed E-state index contributed by atoms with van der Waals surface area (Å²) in [5, 5.41) is 2.58. The van der Waals surface area contributed by atoms with Crippen molar-refractivity contribution in [2.75, 3.05) is 25.0 Å². The summed E-state index contributed by atoms with van der Waals surface area (Å²) < 4.78 is 44.1. The number of hydrogen-bond acceptors (Lipinski definition) is 5. The number of carbonyl (C=O) groups is 2. The van der Waals surface area contributed by atoms with Crippen LogP contribution in [-0.2, 0) is 19.6 Å². The predicted octanol–water partition coefficient (Wildman–Crippen LogP) is 2.65. The van der Waals surface area contributed by atoms with Gasteiger partial charge in [0.1, 0.15) is 5.82 Å². The minimum absolute atomic E-state index is 0.0644. The molecular weight excluding hydrogens is 387 g/mol. The zero-order valence-electron chi connectivity index (χ0n) is 15.5. The molecule has 0 saturated heterocycles. The zero-order valence-corrected chi connectivity index (χ0v) is 16.3. The van der Waals surface area contributed by atoms with Gasteiger partial charge in [-0.15, -0.1) is 0 Å². The van der Waals surface area contributed by atoms with Gasteiger partial charge in [0.25, 0.3) is 0 Å². The number of likely N-dealkylation sites (N-methyl/N-ethyl adjacent to an activating group) is 1. The lowest BCUT2D eigenvalue weighted by molar-refractivity contribution is -0.116. The Balaban J connectivity index is 2.06. The summed E-state index contributed by atoms with van der Waals surface area (Å²) in [6.45, 7) is 3.21. The number of anilines is 1. The Morgan fingerprint density at radius 2 is 1.64 bits per heavy atom. The van der Waals surface area contributed by atoms with Gasteiger partial charge >= 0.3 is 5.97 Å². The Kier molecular flexibility index (Phi) is 7.24. The van der Waals surface area contributed by atoms with Crippen molar-refractivity contribution in [3.63, 3.8) is 0 Å². The molecule has 150 valence electrons. The topological polar surface area (TPSA) is 92.8 Å². The van der Waals surface area contributed by atoms with Gasteiger partial charge in [-0.1, -0.05) is 6.92 Å². The predicted molar refractivity (Wildman–Crippen MR) is 102 cm³/mol. The first-order valence-electron chi connectivity index (χ1n) is 8.60. The van der Waals surface area contributed by atoms with Crippen molar-refractivity contribution in [1.29, 1.82) is 0 Å². The maximum absolute atomic E-state index is 13.0. The third-order valence-electron chi connectivity index (χ3n) is 3.80. The van der Waals surface area contributed by atoms with E-state index in [4.69, 9.17) is 4.74 Å². The van der Waals surface area contributed by atoms with Gasteiger partial charge in [-0.3, -0.25) is 4.79 Å². The molecule has 1 amide bonds. The molecule has 0 radical (unpaired) electrons. The highest BCUT2D eigenvalue weighted by atomic mass is 32.2. The van der Waals surface area contributed by atoms with E-state index in [1.807, 2.05) is 0 Å². The van der Waals surface area contributed by atoms with Crippen molar-refractivity contribution in [2.24, 2.45) is 0 Å². The maximum atomic E-state index is 13.0. The second-order valence-electron chi connectivity index (χ2n) is 5.73. The fourth-order valence-electron chi connectivity index (χ4n) is 2.39. The van der Waals surface area contributed by atoms with Crippen LogP contribution in [0.3, 0.4) is 0 Å². The smallest absolute Gasteiger partial charge is 0.338 e. The molecule has 0 aliphatic heterocycles. The SMILES string of the molecule is CCOC(=O)c1ccc(NC(=O)CN(CC)S(=O)(=O)c2ccc(F)cc2)cc1. The number of sulfonamides is 1. The molecule has 2 aromatic carbocycles. The number of amides is 1. The van der Waals surface area contributed by atoms with Crippen molar-refractivity contribution in [3.05, 3.63) is 59.9 Å². The molecule has 2 aromatic rings. The Morgan fingerprint density at radius 3 is 2.18 bits per heavy atom. The lowest BCUT2D eigenvalue weighted by atomic mass is 10.2. The van der Waals surface area contributed by atoms with E-state index >= 15 is 0 Å². The molecule has 9 heteroatoms. The number of carbonyl (C=O) groups excluding carboxylic acids is 2. The molecule has 0 unspecified atom stereocenters. The number of nitrogens with one attached hydrogen (secondary N) is 1. The molecule has 0 bridgehead atoms. The van der Waals surface area contributed by atoms with Crippen LogP contribution in [0.5, 0.6) is 0 Å². The van der Waals surface area contributed by atoms with Crippen LogP contribution in [0.15, 0.2) is 53.4 Å². The van der Waals surface area contributed by atoms with E-state index in [-0.39, 0.29) is 18.0 Å². The lowest BCUT2D eigenvalue weighted by Gasteiger charge is -2.20. The Bertz CT molecular complexity index is 928. The van der Waals surface area contributed by atoms with Crippen LogP contribution in [0.4, 0.5) is 10.1 Å². The van der Waals surface area contributed by atoms with Gasteiger partial charge in [0.05, 0.1) is 23.6 Å². The van der Waals surface area contributed by atoms with Gasteiger partial charge in [-0.25, -0.2) is 17.6 Å². The standard InChI is InChI=1S/C19H21FN2O5S/c1-3-22(28(25,26)17-11-7-15(20)8-12-17)13-18(23)21-16-9-5-14(6-10-16)19(24)27-4-2/h5-12H,3-4,13H2,1-2H3,(H,21,23). The number of rotatable bonds is 8. The summed E-state index contributed by atoms with van der Waals surface area (Å²) in [7, 11) is -3.93. The third kappa shape index (κ3) is 5.37. The van der Waals surface area contributed by atoms with Crippen molar-refractivity contribution in [2.45, 2.75) is 18.7 Å². The first kappa shape index (κ1) is 21.5. The summed E-state index contributed by atoms with van der Waals surface area (Å²) >= 11 is 0. The van der Waals surface area contributed by atoms with Gasteiger partial charge in [-0.2, -0.15) is 4.31 Å². The maximum Gasteiger partial charge on any atom is 0.338 e. The summed E-state index contributed by atoms with van der Waals surface area (Å²) in [5.74, 6) is -1.56. The lowest BCUT2D eigenvalue weighted by Crippen LogP contribution is -2.37. The first-order valence-corrected chi connectivity index (χ1v) is 10.0. The summed E-state index contributed by atoms with van der Waals surface area (Å²) in [6, 6.07) is 10.4. The Labute approximate surface area is 163 Å². The normalized spacial score (nSPS) is 11.3. The van der Waals surface area contributed by atoms with E-state index in [0.717, 1.165) is 28.6 Å². The molecule has 28 heavy (non-hydrogen) atoms. The Hall–Kier alpha value is -2.78. The summed E-state index contributed by atoms with van der Waals surface area (Å²) in [6.07, 6.45) is 0. The van der Waals surface area contributed by atoms with Crippen LogP contribution in [0.25, 0.3) is 0 Å². The highest BCUT2D eigenvalue weighted by molar-refractivity contribution is 7.89. The molecular formula is C19H21FN2O5S. The molecule has 0 aliphatic carbocycles. The van der Waals surface area contributed by atoms with Gasteiger partial charge in [0, 0.05) is 12.2 Å². The van der Waals surface area contributed by atoms with E-state index in [2.05, 4.69) is 5.32 Å². The van der Waals surface area contributed by atoms with Gasteiger partial charge in [-0.05, 0) is 55.5 Å². The number of esters is 1. The Morgan fingerprint density at radius 1 is 1.04 bits per heavy atom. The molecule has 0 atom stereocenters. The quantitative estimate of drug-likeness (QED) is 0.678. The monoisotopic (exact) mass is 408 g/mol. The van der Waals surface area contributed by atoms with Crippen molar-refractivity contribution >= 4 is 27.6 Å². The second kappa shape index (κ2) is 9.43. The number of halogens is 1. The van der Waals surface area contributed by atoms with E-state index in [1.165, 1.54) is 24.3 Å². The first-order chi connectivity index (χ1) is 13.3. The van der Waals surface area contributed by atoms with Crippen LogP contribution in [0.1, 0.15) is 24.2 Å². The van der Waals surface area contributed by atoms with Crippen LogP contribution in [0.2, 0.25) is 0 Å². The highest BCUT2D eigenvalue weighted by Crippen LogP contribution is 2.16. The summed E-state index contributed by atoms with van der Waals surface area (Å²) in [5.41, 5.74) is 0.752. The molecule has 0 spiro atoms. The number of benzene rings is 2. The van der Waals surface area contributed by atoms with Gasteiger partial charge in [0.15, 0.2) is 0 Å². The molecule has 0 heterocycles.